The lowest BCUT2D eigenvalue weighted by Gasteiger charge is -2.38. The molecule has 0 bridgehead atoms. The number of piperazine rings is 1. The van der Waals surface area contributed by atoms with Gasteiger partial charge in [0.1, 0.15) is 5.70 Å². The molecule has 1 saturated carbocycles. The predicted molar refractivity (Wildman–Crippen MR) is 57.4 cm³/mol. The molecule has 0 aromatic carbocycles. The van der Waals surface area contributed by atoms with Gasteiger partial charge in [-0.05, 0) is 12.8 Å². The van der Waals surface area contributed by atoms with Crippen LogP contribution in [-0.2, 0) is 14.3 Å². The van der Waals surface area contributed by atoms with Crippen molar-refractivity contribution in [2.24, 2.45) is 0 Å². The summed E-state index contributed by atoms with van der Waals surface area (Å²) < 4.78 is 4.50. The van der Waals surface area contributed by atoms with Gasteiger partial charge in [0.2, 0.25) is 0 Å². The maximum Gasteiger partial charge on any atom is 0.332 e. The third-order valence-electron chi connectivity index (χ3n) is 3.13. The lowest BCUT2D eigenvalue weighted by molar-refractivity contribution is -0.135. The average Bonchev–Trinajstić information content (AvgIpc) is 2.30. The second kappa shape index (κ2) is 4.55. The van der Waals surface area contributed by atoms with Crippen LogP contribution in [-0.4, -0.2) is 31.1 Å². The van der Waals surface area contributed by atoms with Crippen LogP contribution in [0.25, 0.3) is 0 Å². The highest BCUT2D eigenvalue weighted by Gasteiger charge is 2.33. The molecular weight excluding hydrogens is 208 g/mol. The Bertz CT molecular complexity index is 338. The fourth-order valence-corrected chi connectivity index (χ4v) is 2.27. The van der Waals surface area contributed by atoms with Gasteiger partial charge in [-0.3, -0.25) is 4.79 Å². The molecule has 1 aliphatic heterocycles. The van der Waals surface area contributed by atoms with E-state index in [1.807, 2.05) is 0 Å². The third-order valence-corrected chi connectivity index (χ3v) is 3.13. The first-order valence-corrected chi connectivity index (χ1v) is 5.58. The number of ether oxygens (including phenoxy) is 1. The molecule has 0 unspecified atom stereocenters. The van der Waals surface area contributed by atoms with Gasteiger partial charge in [-0.25, -0.2) is 4.79 Å². The molecule has 1 saturated heterocycles. The van der Waals surface area contributed by atoms with Crippen molar-refractivity contribution >= 4 is 11.9 Å². The topological polar surface area (TPSA) is 67.4 Å². The molecule has 1 heterocycles. The number of esters is 1. The summed E-state index contributed by atoms with van der Waals surface area (Å²) in [5.41, 5.74) is 0.315. The van der Waals surface area contributed by atoms with Crippen molar-refractivity contribution in [3.05, 3.63) is 11.8 Å². The van der Waals surface area contributed by atoms with Crippen molar-refractivity contribution in [3.8, 4) is 0 Å². The first-order valence-electron chi connectivity index (χ1n) is 5.58. The Morgan fingerprint density at radius 3 is 2.56 bits per heavy atom. The Labute approximate surface area is 94.2 Å². The summed E-state index contributed by atoms with van der Waals surface area (Å²) in [6.07, 6.45) is 5.56. The Morgan fingerprint density at radius 1 is 1.31 bits per heavy atom. The largest absolute Gasteiger partial charge is 0.466 e. The van der Waals surface area contributed by atoms with Gasteiger partial charge in [0.05, 0.1) is 13.2 Å². The van der Waals surface area contributed by atoms with Crippen molar-refractivity contribution in [1.29, 1.82) is 0 Å². The van der Waals surface area contributed by atoms with Gasteiger partial charge in [0.15, 0.2) is 0 Å². The van der Waals surface area contributed by atoms with E-state index in [-0.39, 0.29) is 18.0 Å². The molecule has 2 aliphatic rings. The Morgan fingerprint density at radius 2 is 1.94 bits per heavy atom. The number of hydrogen-bond acceptors (Lipinski definition) is 4. The molecule has 5 heteroatoms. The molecule has 88 valence electrons. The fourth-order valence-electron chi connectivity index (χ4n) is 2.27. The zero-order chi connectivity index (χ0) is 11.5. The summed E-state index contributed by atoms with van der Waals surface area (Å²) >= 11 is 0. The lowest BCUT2D eigenvalue weighted by Crippen LogP contribution is -2.58. The fraction of sp³-hybridized carbons (Fsp3) is 0.636. The maximum absolute atomic E-state index is 11.7. The average molecular weight is 224 g/mol. The number of nitrogens with one attached hydrogen (secondary N) is 2. The van der Waals surface area contributed by atoms with Crippen LogP contribution < -0.4 is 10.6 Å². The van der Waals surface area contributed by atoms with Crippen LogP contribution >= 0.6 is 0 Å². The van der Waals surface area contributed by atoms with Crippen LogP contribution in [0.2, 0.25) is 0 Å². The van der Waals surface area contributed by atoms with E-state index in [4.69, 9.17) is 0 Å². The Balaban J connectivity index is 2.08. The van der Waals surface area contributed by atoms with Gasteiger partial charge in [-0.1, -0.05) is 12.8 Å². The van der Waals surface area contributed by atoms with Gasteiger partial charge < -0.3 is 15.4 Å². The lowest BCUT2D eigenvalue weighted by atomic mass is 9.88. The number of amides is 1. The number of carbonyl (C=O) groups excluding carboxylic acids is 2. The van der Waals surface area contributed by atoms with Crippen LogP contribution in [0.4, 0.5) is 0 Å². The standard InChI is InChI=1S/C11H16N2O3/c1-16-10(14)6-9-11(15)13-8-5-3-2-4-7(8)12-9/h6-8,12H,2-5H2,1H3,(H,13,15)/b9-6+/t7-,8-/m1/s1. The molecule has 16 heavy (non-hydrogen) atoms. The second-order valence-corrected chi connectivity index (χ2v) is 4.20. The molecule has 1 aliphatic carbocycles. The van der Waals surface area contributed by atoms with E-state index in [0.29, 0.717) is 5.70 Å². The van der Waals surface area contributed by atoms with Crippen LogP contribution in [0.1, 0.15) is 25.7 Å². The third kappa shape index (κ3) is 2.18. The Hall–Kier alpha value is -1.52. The first-order chi connectivity index (χ1) is 7.70. The minimum absolute atomic E-state index is 0.205. The number of methoxy groups -OCH3 is 1. The number of rotatable bonds is 1. The van der Waals surface area contributed by atoms with Gasteiger partial charge in [0, 0.05) is 12.1 Å². The summed E-state index contributed by atoms with van der Waals surface area (Å²) in [5, 5.41) is 6.04. The summed E-state index contributed by atoms with van der Waals surface area (Å²) in [5.74, 6) is -0.722. The van der Waals surface area contributed by atoms with Crippen LogP contribution in [0.15, 0.2) is 11.8 Å². The van der Waals surface area contributed by atoms with Crippen LogP contribution in [0.5, 0.6) is 0 Å². The van der Waals surface area contributed by atoms with Gasteiger partial charge >= 0.3 is 5.97 Å². The van der Waals surface area contributed by atoms with E-state index < -0.39 is 5.97 Å². The number of hydrogen-bond donors (Lipinski definition) is 2. The molecule has 5 nitrogen and oxygen atoms in total. The minimum Gasteiger partial charge on any atom is -0.466 e. The summed E-state index contributed by atoms with van der Waals surface area (Å²) in [6.45, 7) is 0. The molecule has 0 radical (unpaired) electrons. The molecule has 0 aromatic rings. The van der Waals surface area contributed by atoms with E-state index in [1.54, 1.807) is 0 Å². The second-order valence-electron chi connectivity index (χ2n) is 4.20. The van der Waals surface area contributed by atoms with Crippen molar-refractivity contribution in [2.45, 2.75) is 37.8 Å². The van der Waals surface area contributed by atoms with Crippen molar-refractivity contribution in [3.63, 3.8) is 0 Å². The SMILES string of the molecule is COC(=O)/C=C1/N[C@@H]2CCCC[C@H]2NC1=O. The van der Waals surface area contributed by atoms with E-state index in [9.17, 15) is 9.59 Å². The molecule has 1 amide bonds. The zero-order valence-electron chi connectivity index (χ0n) is 9.29. The van der Waals surface area contributed by atoms with Gasteiger partial charge in [0.25, 0.3) is 5.91 Å². The smallest absolute Gasteiger partial charge is 0.332 e. The zero-order valence-corrected chi connectivity index (χ0v) is 9.29. The highest BCUT2D eigenvalue weighted by atomic mass is 16.5. The summed E-state index contributed by atoms with van der Waals surface area (Å²) in [7, 11) is 1.30. The Kier molecular flexibility index (Phi) is 3.12. The normalized spacial score (nSPS) is 31.3. The highest BCUT2D eigenvalue weighted by molar-refractivity contribution is 5.99. The minimum atomic E-state index is -0.507. The van der Waals surface area contributed by atoms with Crippen molar-refractivity contribution < 1.29 is 14.3 Å². The monoisotopic (exact) mass is 224 g/mol. The van der Waals surface area contributed by atoms with E-state index >= 15 is 0 Å². The predicted octanol–water partition coefficient (Wildman–Crippen LogP) is 0.0739. The molecule has 0 spiro atoms. The number of fused-ring (bicyclic) bond motifs is 1. The summed E-state index contributed by atoms with van der Waals surface area (Å²) in [4.78, 5) is 22.7. The van der Waals surface area contributed by atoms with Crippen molar-refractivity contribution in [1.82, 2.24) is 10.6 Å². The van der Waals surface area contributed by atoms with Crippen LogP contribution in [0.3, 0.4) is 0 Å². The van der Waals surface area contributed by atoms with E-state index in [0.717, 1.165) is 25.7 Å². The molecule has 0 aromatic heterocycles. The molecule has 2 fully saturated rings. The maximum atomic E-state index is 11.7. The first kappa shape index (κ1) is 11.0. The summed E-state index contributed by atoms with van der Waals surface area (Å²) in [6, 6.07) is 0.457. The van der Waals surface area contributed by atoms with Crippen molar-refractivity contribution in [2.75, 3.05) is 7.11 Å². The van der Waals surface area contributed by atoms with E-state index in [1.165, 1.54) is 13.2 Å². The highest BCUT2D eigenvalue weighted by Crippen LogP contribution is 2.22. The van der Waals surface area contributed by atoms with Gasteiger partial charge in [-0.15, -0.1) is 0 Å². The van der Waals surface area contributed by atoms with Gasteiger partial charge in [-0.2, -0.15) is 0 Å². The quantitative estimate of drug-likeness (QED) is 0.489. The molecule has 2 N–H and O–H groups in total. The van der Waals surface area contributed by atoms with E-state index in [2.05, 4.69) is 15.4 Å². The molecule has 2 atom stereocenters. The molecular formula is C11H16N2O3. The molecule has 2 rings (SSSR count). The number of carbonyl (C=O) groups is 2. The van der Waals surface area contributed by atoms with Crippen LogP contribution in [0, 0.1) is 0 Å².